The molecule has 1 aliphatic heterocycles. The number of carbonyl (C=O) groups is 2. The van der Waals surface area contributed by atoms with Crippen molar-refractivity contribution >= 4 is 11.6 Å². The second-order valence-electron chi connectivity index (χ2n) is 3.89. The summed E-state index contributed by atoms with van der Waals surface area (Å²) < 4.78 is 4.86. The maximum absolute atomic E-state index is 11.4. The van der Waals surface area contributed by atoms with Crippen LogP contribution in [-0.4, -0.2) is 62.5 Å². The number of hydrogen-bond donors (Lipinski definition) is 4. The molecular formula is C9H11O7. The van der Waals surface area contributed by atoms with Gasteiger partial charge in [-0.25, -0.2) is 0 Å². The number of aliphatic hydroxyl groups excluding tert-OH is 3. The Bertz CT molecular complexity index is 341. The number of ether oxygens (including phenoxy) is 1. The molecule has 0 bridgehead atoms. The van der Waals surface area contributed by atoms with Crippen LogP contribution in [0.2, 0.25) is 0 Å². The van der Waals surface area contributed by atoms with Crippen molar-refractivity contribution in [2.45, 2.75) is 30.3 Å². The van der Waals surface area contributed by atoms with Gasteiger partial charge in [-0.3, -0.25) is 9.59 Å². The minimum atomic E-state index is -2.47. The molecule has 89 valence electrons. The molecule has 4 atom stereocenters. The fourth-order valence-electron chi connectivity index (χ4n) is 1.97. The lowest BCUT2D eigenvalue weighted by molar-refractivity contribution is -0.221. The third-order valence-electron chi connectivity index (χ3n) is 2.93. The molecule has 0 aromatic carbocycles. The van der Waals surface area contributed by atoms with E-state index in [1.807, 2.05) is 0 Å². The SMILES string of the molecule is O=C1CC(=O)[C@]2(O)[C]1O[C@H](CO)[C@@H](O)[C@@H]2O. The summed E-state index contributed by atoms with van der Waals surface area (Å²) in [5.41, 5.74) is -2.47. The highest BCUT2D eigenvalue weighted by atomic mass is 16.6. The number of ketones is 2. The molecule has 1 radical (unpaired) electrons. The summed E-state index contributed by atoms with van der Waals surface area (Å²) in [7, 11) is 0. The van der Waals surface area contributed by atoms with Gasteiger partial charge in [-0.2, -0.15) is 0 Å². The third-order valence-corrected chi connectivity index (χ3v) is 2.93. The largest absolute Gasteiger partial charge is 0.394 e. The number of aliphatic hydroxyl groups is 4. The molecule has 2 aliphatic rings. The van der Waals surface area contributed by atoms with Crippen molar-refractivity contribution in [3.05, 3.63) is 6.10 Å². The predicted octanol–water partition coefficient (Wildman–Crippen LogP) is -3.10. The molecule has 0 unspecified atom stereocenters. The van der Waals surface area contributed by atoms with Crippen LogP contribution in [0.25, 0.3) is 0 Å². The van der Waals surface area contributed by atoms with Crippen LogP contribution in [0.5, 0.6) is 0 Å². The van der Waals surface area contributed by atoms with Gasteiger partial charge in [0.05, 0.1) is 13.0 Å². The Morgan fingerprint density at radius 1 is 1.38 bits per heavy atom. The molecule has 0 aromatic rings. The van der Waals surface area contributed by atoms with Gasteiger partial charge in [-0.15, -0.1) is 0 Å². The molecule has 7 heteroatoms. The van der Waals surface area contributed by atoms with Crippen LogP contribution in [-0.2, 0) is 14.3 Å². The van der Waals surface area contributed by atoms with Crippen molar-refractivity contribution < 1.29 is 34.8 Å². The lowest BCUT2D eigenvalue weighted by Crippen LogP contribution is -2.64. The number of carbonyl (C=O) groups excluding carboxylic acids is 2. The van der Waals surface area contributed by atoms with Crippen molar-refractivity contribution in [1.82, 2.24) is 0 Å². The molecule has 16 heavy (non-hydrogen) atoms. The van der Waals surface area contributed by atoms with Crippen LogP contribution in [0.15, 0.2) is 0 Å². The summed E-state index contributed by atoms with van der Waals surface area (Å²) in [6, 6.07) is 0. The van der Waals surface area contributed by atoms with Gasteiger partial charge in [0.2, 0.25) is 6.10 Å². The number of fused-ring (bicyclic) bond motifs is 1. The van der Waals surface area contributed by atoms with Crippen LogP contribution in [0.4, 0.5) is 0 Å². The summed E-state index contributed by atoms with van der Waals surface area (Å²) >= 11 is 0. The van der Waals surface area contributed by atoms with E-state index in [-0.39, 0.29) is 0 Å². The van der Waals surface area contributed by atoms with Crippen molar-refractivity contribution in [1.29, 1.82) is 0 Å². The first-order valence-corrected chi connectivity index (χ1v) is 4.73. The van der Waals surface area contributed by atoms with Crippen LogP contribution < -0.4 is 0 Å². The minimum absolute atomic E-state index is 0.576. The summed E-state index contributed by atoms with van der Waals surface area (Å²) in [6.45, 7) is -0.640. The fourth-order valence-corrected chi connectivity index (χ4v) is 1.97. The molecule has 1 heterocycles. The Balaban J connectivity index is 2.38. The highest BCUT2D eigenvalue weighted by Gasteiger charge is 2.66. The highest BCUT2D eigenvalue weighted by molar-refractivity contribution is 6.19. The van der Waals surface area contributed by atoms with Gasteiger partial charge in [-0.05, 0) is 0 Å². The molecule has 1 aliphatic carbocycles. The smallest absolute Gasteiger partial charge is 0.205 e. The molecule has 7 nitrogen and oxygen atoms in total. The Labute approximate surface area is 90.3 Å². The predicted molar refractivity (Wildman–Crippen MR) is 46.8 cm³/mol. The van der Waals surface area contributed by atoms with Crippen molar-refractivity contribution in [3.8, 4) is 0 Å². The second kappa shape index (κ2) is 3.57. The number of rotatable bonds is 1. The molecule has 1 saturated carbocycles. The van der Waals surface area contributed by atoms with Crippen LogP contribution in [0.3, 0.4) is 0 Å². The van der Waals surface area contributed by atoms with Crippen molar-refractivity contribution in [2.75, 3.05) is 6.61 Å². The summed E-state index contributed by atoms with van der Waals surface area (Å²) in [6.07, 6.45) is -5.89. The first kappa shape index (κ1) is 11.6. The monoisotopic (exact) mass is 231 g/mol. The second-order valence-corrected chi connectivity index (χ2v) is 3.89. The molecule has 0 amide bonds. The van der Waals surface area contributed by atoms with Crippen molar-refractivity contribution in [3.63, 3.8) is 0 Å². The number of hydrogen-bond acceptors (Lipinski definition) is 7. The van der Waals surface area contributed by atoms with E-state index in [0.29, 0.717) is 0 Å². The minimum Gasteiger partial charge on any atom is -0.394 e. The van der Waals surface area contributed by atoms with E-state index in [1.54, 1.807) is 0 Å². The fraction of sp³-hybridized carbons (Fsp3) is 0.667. The van der Waals surface area contributed by atoms with Gasteiger partial charge in [-0.1, -0.05) is 0 Å². The first-order chi connectivity index (χ1) is 7.42. The van der Waals surface area contributed by atoms with Gasteiger partial charge in [0, 0.05) is 0 Å². The molecule has 2 fully saturated rings. The zero-order valence-electron chi connectivity index (χ0n) is 8.16. The highest BCUT2D eigenvalue weighted by Crippen LogP contribution is 2.42. The Morgan fingerprint density at radius 2 is 2.00 bits per heavy atom. The van der Waals surface area contributed by atoms with Crippen LogP contribution in [0, 0.1) is 6.10 Å². The van der Waals surface area contributed by atoms with E-state index < -0.39 is 54.6 Å². The Hall–Kier alpha value is -0.860. The lowest BCUT2D eigenvalue weighted by atomic mass is 9.83. The first-order valence-electron chi connectivity index (χ1n) is 4.73. The zero-order chi connectivity index (χ0) is 12.1. The van der Waals surface area contributed by atoms with Gasteiger partial charge in [0.1, 0.15) is 18.3 Å². The maximum Gasteiger partial charge on any atom is 0.205 e. The van der Waals surface area contributed by atoms with E-state index in [0.717, 1.165) is 0 Å². The standard InChI is InChI=1S/C9H11O7/c10-2-4-6(13)7(14)9(15)5(12)1-3(11)8(9)16-4/h4,6-7,10,13-15H,1-2H2/t4-,6-,7+,9-/m1/s1. The van der Waals surface area contributed by atoms with Crippen molar-refractivity contribution in [2.24, 2.45) is 0 Å². The summed E-state index contributed by atoms with van der Waals surface area (Å²) in [4.78, 5) is 22.7. The molecular weight excluding hydrogens is 220 g/mol. The molecule has 2 rings (SSSR count). The molecule has 0 spiro atoms. The average molecular weight is 231 g/mol. The van der Waals surface area contributed by atoms with Gasteiger partial charge in [0.15, 0.2) is 17.2 Å². The summed E-state index contributed by atoms with van der Waals surface area (Å²) in [5, 5.41) is 37.8. The molecule has 1 saturated heterocycles. The molecule has 4 N–H and O–H groups in total. The van der Waals surface area contributed by atoms with Crippen LogP contribution in [0.1, 0.15) is 6.42 Å². The quantitative estimate of drug-likeness (QED) is 0.352. The van der Waals surface area contributed by atoms with Gasteiger partial charge < -0.3 is 25.2 Å². The van der Waals surface area contributed by atoms with Crippen LogP contribution >= 0.6 is 0 Å². The summed E-state index contributed by atoms with van der Waals surface area (Å²) in [5.74, 6) is -1.65. The zero-order valence-corrected chi connectivity index (χ0v) is 8.16. The normalized spacial score (nSPS) is 44.9. The maximum atomic E-state index is 11.4. The topological polar surface area (TPSA) is 124 Å². The van der Waals surface area contributed by atoms with E-state index in [4.69, 9.17) is 9.84 Å². The van der Waals surface area contributed by atoms with E-state index >= 15 is 0 Å². The average Bonchev–Trinajstić information content (AvgIpc) is 2.46. The molecule has 0 aromatic heterocycles. The van der Waals surface area contributed by atoms with Gasteiger partial charge in [0.25, 0.3) is 0 Å². The third kappa shape index (κ3) is 1.26. The van der Waals surface area contributed by atoms with E-state index in [9.17, 15) is 24.9 Å². The Kier molecular flexibility index (Phi) is 2.59. The lowest BCUT2D eigenvalue weighted by Gasteiger charge is -2.42. The number of Topliss-reactive ketones (excluding diaryl/α,β-unsaturated/α-hetero) is 2. The Morgan fingerprint density at radius 3 is 2.56 bits per heavy atom. The van der Waals surface area contributed by atoms with E-state index in [1.165, 1.54) is 0 Å². The van der Waals surface area contributed by atoms with E-state index in [2.05, 4.69) is 0 Å². The van der Waals surface area contributed by atoms with Gasteiger partial charge >= 0.3 is 0 Å².